The van der Waals surface area contributed by atoms with Crippen LogP contribution >= 0.6 is 11.3 Å². The fourth-order valence-electron chi connectivity index (χ4n) is 5.81. The number of aryl methyl sites for hydroxylation is 1. The summed E-state index contributed by atoms with van der Waals surface area (Å²) in [6.45, 7) is 4.14. The smallest absolute Gasteiger partial charge is 0.270 e. The van der Waals surface area contributed by atoms with Gasteiger partial charge in [0.15, 0.2) is 0 Å². The van der Waals surface area contributed by atoms with Gasteiger partial charge in [-0.05, 0) is 68.9 Å². The second-order valence-corrected chi connectivity index (χ2v) is 11.7. The minimum Gasteiger partial charge on any atom is -0.371 e. The second-order valence-electron chi connectivity index (χ2n) is 10.6. The molecule has 2 aromatic rings. The van der Waals surface area contributed by atoms with E-state index in [0.717, 1.165) is 91.8 Å². The summed E-state index contributed by atoms with van der Waals surface area (Å²) >= 11 is 1.62. The lowest BCUT2D eigenvalue weighted by Gasteiger charge is -2.33. The number of amides is 1. The molecule has 5 rings (SSSR count). The molecule has 7 nitrogen and oxygen atoms in total. The molecule has 0 atom stereocenters. The lowest BCUT2D eigenvalue weighted by Crippen LogP contribution is -2.36. The Hall–Kier alpha value is -2.74. The van der Waals surface area contributed by atoms with E-state index < -0.39 is 0 Å². The Morgan fingerprint density at radius 2 is 1.86 bits per heavy atom. The number of nitro benzene ring substituents is 1. The normalized spacial score (nSPS) is 19.4. The first-order valence-electron chi connectivity index (χ1n) is 13.5. The number of fused-ring (bicyclic) bond motifs is 1. The highest BCUT2D eigenvalue weighted by Gasteiger charge is 2.27. The van der Waals surface area contributed by atoms with Crippen LogP contribution in [0.1, 0.15) is 91.1 Å². The van der Waals surface area contributed by atoms with Crippen LogP contribution in [0, 0.1) is 16.0 Å². The van der Waals surface area contributed by atoms with Gasteiger partial charge in [-0.1, -0.05) is 26.2 Å². The highest BCUT2D eigenvalue weighted by atomic mass is 32.1. The number of hydrogen-bond acceptors (Lipinski definition) is 6. The fraction of sp³-hybridized carbons (Fsp3) is 0.571. The molecule has 8 heteroatoms. The summed E-state index contributed by atoms with van der Waals surface area (Å²) in [5.74, 6) is 0.692. The van der Waals surface area contributed by atoms with Crippen molar-refractivity contribution in [3.63, 3.8) is 0 Å². The summed E-state index contributed by atoms with van der Waals surface area (Å²) in [6, 6.07) is 5.29. The molecule has 1 aromatic heterocycles. The van der Waals surface area contributed by atoms with E-state index in [4.69, 9.17) is 4.99 Å². The van der Waals surface area contributed by atoms with Crippen molar-refractivity contribution in [2.24, 2.45) is 10.9 Å². The van der Waals surface area contributed by atoms with Crippen LogP contribution in [0.2, 0.25) is 0 Å². The molecule has 0 bridgehead atoms. The maximum atomic E-state index is 13.5. The number of anilines is 1. The van der Waals surface area contributed by atoms with Crippen LogP contribution in [-0.2, 0) is 12.8 Å². The Bertz CT molecular complexity index is 1140. The van der Waals surface area contributed by atoms with Gasteiger partial charge in [0.05, 0.1) is 10.5 Å². The number of piperidine rings is 1. The number of benzene rings is 1. The predicted octanol–water partition coefficient (Wildman–Crippen LogP) is 6.58. The molecule has 0 unspecified atom stereocenters. The van der Waals surface area contributed by atoms with E-state index in [1.807, 2.05) is 6.07 Å². The monoisotopic (exact) mass is 508 g/mol. The van der Waals surface area contributed by atoms with Crippen molar-refractivity contribution >= 4 is 39.8 Å². The molecule has 1 amide bonds. The largest absolute Gasteiger partial charge is 0.371 e. The van der Waals surface area contributed by atoms with Gasteiger partial charge in [0.25, 0.3) is 11.6 Å². The highest BCUT2D eigenvalue weighted by Crippen LogP contribution is 2.40. The zero-order valence-electron chi connectivity index (χ0n) is 21.1. The molecular weight excluding hydrogens is 472 g/mol. The SMILES string of the molecule is CC1CCN(c2ccc([N+](=O)[O-])cc2C=Nc2sc3c(c2C(=O)NC2CCCCC2)CCCC3)CC1. The Morgan fingerprint density at radius 3 is 2.61 bits per heavy atom. The second kappa shape index (κ2) is 11.1. The van der Waals surface area contributed by atoms with Gasteiger partial charge < -0.3 is 10.2 Å². The van der Waals surface area contributed by atoms with Crippen LogP contribution in [-0.4, -0.2) is 36.2 Å². The first-order chi connectivity index (χ1) is 17.5. The predicted molar refractivity (Wildman–Crippen MR) is 146 cm³/mol. The Kier molecular flexibility index (Phi) is 7.70. The summed E-state index contributed by atoms with van der Waals surface area (Å²) in [5, 5.41) is 15.6. The first kappa shape index (κ1) is 24.9. The average molecular weight is 509 g/mol. The molecule has 192 valence electrons. The van der Waals surface area contributed by atoms with Crippen molar-refractivity contribution in [1.82, 2.24) is 5.32 Å². The van der Waals surface area contributed by atoms with Gasteiger partial charge in [0.2, 0.25) is 0 Å². The number of nitrogens with one attached hydrogen (secondary N) is 1. The molecular formula is C28H36N4O3S. The topological polar surface area (TPSA) is 87.8 Å². The molecule has 0 spiro atoms. The maximum Gasteiger partial charge on any atom is 0.270 e. The van der Waals surface area contributed by atoms with Crippen LogP contribution in [0.5, 0.6) is 0 Å². The zero-order chi connectivity index (χ0) is 25.1. The highest BCUT2D eigenvalue weighted by molar-refractivity contribution is 7.16. The number of aliphatic imine (C=N–C) groups is 1. The van der Waals surface area contributed by atoms with Crippen molar-refractivity contribution < 1.29 is 9.72 Å². The van der Waals surface area contributed by atoms with E-state index in [2.05, 4.69) is 17.1 Å². The van der Waals surface area contributed by atoms with Gasteiger partial charge in [0, 0.05) is 53.6 Å². The third-order valence-corrected chi connectivity index (χ3v) is 9.19. The van der Waals surface area contributed by atoms with E-state index in [0.29, 0.717) is 5.92 Å². The van der Waals surface area contributed by atoms with Crippen LogP contribution in [0.4, 0.5) is 16.4 Å². The number of nitro groups is 1. The number of nitrogens with zero attached hydrogens (tertiary/aromatic N) is 3. The third-order valence-electron chi connectivity index (χ3n) is 7.99. The number of thiophene rings is 1. The minimum absolute atomic E-state index is 0.00210. The summed E-state index contributed by atoms with van der Waals surface area (Å²) in [5.41, 5.74) is 3.67. The number of rotatable bonds is 6. The lowest BCUT2D eigenvalue weighted by atomic mass is 9.93. The van der Waals surface area contributed by atoms with Crippen molar-refractivity contribution in [2.45, 2.75) is 83.6 Å². The first-order valence-corrected chi connectivity index (χ1v) is 14.3. The minimum atomic E-state index is -0.355. The number of non-ortho nitro benzene ring substituents is 1. The van der Waals surface area contributed by atoms with Crippen LogP contribution < -0.4 is 10.2 Å². The summed E-state index contributed by atoms with van der Waals surface area (Å²) in [6.07, 6.45) is 13.8. The van der Waals surface area contributed by atoms with E-state index in [1.165, 1.54) is 24.1 Å². The molecule has 2 fully saturated rings. The van der Waals surface area contributed by atoms with Crippen molar-refractivity contribution in [1.29, 1.82) is 0 Å². The zero-order valence-corrected chi connectivity index (χ0v) is 21.9. The maximum absolute atomic E-state index is 13.5. The van der Waals surface area contributed by atoms with Gasteiger partial charge in [-0.25, -0.2) is 4.99 Å². The van der Waals surface area contributed by atoms with Gasteiger partial charge >= 0.3 is 0 Å². The summed E-state index contributed by atoms with van der Waals surface area (Å²) < 4.78 is 0. The molecule has 1 saturated carbocycles. The van der Waals surface area contributed by atoms with Gasteiger partial charge in [0.1, 0.15) is 5.00 Å². The van der Waals surface area contributed by atoms with Gasteiger partial charge in [-0.15, -0.1) is 11.3 Å². The Morgan fingerprint density at radius 1 is 1.11 bits per heavy atom. The van der Waals surface area contributed by atoms with E-state index in [-0.39, 0.29) is 22.6 Å². The Balaban J connectivity index is 1.47. The number of hydrogen-bond donors (Lipinski definition) is 1. The van der Waals surface area contributed by atoms with E-state index >= 15 is 0 Å². The average Bonchev–Trinajstić information content (AvgIpc) is 3.27. The Labute approximate surface area is 217 Å². The quantitative estimate of drug-likeness (QED) is 0.271. The standard InChI is InChI=1S/C28H36N4O3S/c1-19-13-15-31(16-14-19)24-12-11-22(32(34)35)17-20(24)18-29-28-26(23-9-5-6-10-25(23)36-28)27(33)30-21-7-3-2-4-8-21/h11-12,17-19,21H,2-10,13-16H2,1H3,(H,30,33). The lowest BCUT2D eigenvalue weighted by molar-refractivity contribution is -0.384. The van der Waals surface area contributed by atoms with Crippen LogP contribution in [0.3, 0.4) is 0 Å². The van der Waals surface area contributed by atoms with Gasteiger partial charge in [-0.3, -0.25) is 14.9 Å². The van der Waals surface area contributed by atoms with E-state index in [1.54, 1.807) is 29.7 Å². The molecule has 1 saturated heterocycles. The summed E-state index contributed by atoms with van der Waals surface area (Å²) in [7, 11) is 0. The molecule has 2 heterocycles. The number of carbonyl (C=O) groups excluding carboxylic acids is 1. The third kappa shape index (κ3) is 5.48. The van der Waals surface area contributed by atoms with Crippen molar-refractivity contribution in [2.75, 3.05) is 18.0 Å². The molecule has 0 radical (unpaired) electrons. The van der Waals surface area contributed by atoms with Crippen molar-refractivity contribution in [3.8, 4) is 0 Å². The molecule has 1 aromatic carbocycles. The molecule has 2 aliphatic carbocycles. The van der Waals surface area contributed by atoms with Crippen molar-refractivity contribution in [3.05, 3.63) is 49.9 Å². The molecule has 3 aliphatic rings. The number of carbonyl (C=O) groups is 1. The molecule has 36 heavy (non-hydrogen) atoms. The van der Waals surface area contributed by atoms with Gasteiger partial charge in [-0.2, -0.15) is 0 Å². The van der Waals surface area contributed by atoms with Crippen LogP contribution in [0.15, 0.2) is 23.2 Å². The van der Waals surface area contributed by atoms with E-state index in [9.17, 15) is 14.9 Å². The fourth-order valence-corrected chi connectivity index (χ4v) is 7.04. The summed E-state index contributed by atoms with van der Waals surface area (Å²) in [4.78, 5) is 33.1. The molecule has 1 N–H and O–H groups in total. The van der Waals surface area contributed by atoms with Crippen LogP contribution in [0.25, 0.3) is 0 Å². The molecule has 1 aliphatic heterocycles.